The first kappa shape index (κ1) is 17.2. The largest absolute Gasteiger partial charge is 0.507 e. The first-order valence-corrected chi connectivity index (χ1v) is 8.11. The summed E-state index contributed by atoms with van der Waals surface area (Å²) in [4.78, 5) is 25.7. The highest BCUT2D eigenvalue weighted by Crippen LogP contribution is 2.39. The summed E-state index contributed by atoms with van der Waals surface area (Å²) in [6, 6.07) is 8.33. The van der Waals surface area contributed by atoms with E-state index in [2.05, 4.69) is 0 Å². The Morgan fingerprint density at radius 2 is 2.04 bits per heavy atom. The molecule has 3 rings (SSSR count). The smallest absolute Gasteiger partial charge is 0.258 e. The number of phenols is 1. The Kier molecular flexibility index (Phi) is 4.63. The van der Waals surface area contributed by atoms with Crippen LogP contribution >= 0.6 is 11.6 Å². The molecule has 1 atom stereocenters. The molecule has 0 saturated heterocycles. The number of fused-ring (bicyclic) bond motifs is 1. The Balaban J connectivity index is 2.03. The predicted molar refractivity (Wildman–Crippen MR) is 90.8 cm³/mol. The third-order valence-electron chi connectivity index (χ3n) is 4.32. The summed E-state index contributed by atoms with van der Waals surface area (Å²) >= 11 is 5.95. The number of carbonyl (C=O) groups is 2. The summed E-state index contributed by atoms with van der Waals surface area (Å²) in [5, 5.41) is 10.2. The number of carbonyl (C=O) groups excluding carboxylic acids is 2. The third kappa shape index (κ3) is 3.30. The molecule has 0 aliphatic heterocycles. The van der Waals surface area contributed by atoms with Crippen LogP contribution in [0, 0.1) is 5.82 Å². The molecule has 0 unspecified atom stereocenters. The van der Waals surface area contributed by atoms with E-state index in [1.54, 1.807) is 18.2 Å². The third-order valence-corrected chi connectivity index (χ3v) is 4.54. The lowest BCUT2D eigenvalue weighted by Gasteiger charge is -2.29. The monoisotopic (exact) mass is 362 g/mol. The van der Waals surface area contributed by atoms with Crippen molar-refractivity contribution < 1.29 is 19.1 Å². The predicted octanol–water partition coefficient (Wildman–Crippen LogP) is 2.80. The van der Waals surface area contributed by atoms with Crippen molar-refractivity contribution in [2.75, 3.05) is 6.54 Å². The molecule has 0 bridgehead atoms. The Morgan fingerprint density at radius 3 is 2.72 bits per heavy atom. The highest BCUT2D eigenvalue weighted by atomic mass is 35.5. The maximum atomic E-state index is 14.1. The molecular formula is C18H16ClFN2O3. The van der Waals surface area contributed by atoms with E-state index in [0.29, 0.717) is 24.0 Å². The maximum Gasteiger partial charge on any atom is 0.258 e. The number of rotatable bonds is 4. The molecule has 7 heteroatoms. The Morgan fingerprint density at radius 1 is 1.32 bits per heavy atom. The van der Waals surface area contributed by atoms with Crippen molar-refractivity contribution in [1.29, 1.82) is 0 Å². The van der Waals surface area contributed by atoms with Gasteiger partial charge in [-0.2, -0.15) is 0 Å². The van der Waals surface area contributed by atoms with Gasteiger partial charge in [0.15, 0.2) is 0 Å². The zero-order valence-corrected chi connectivity index (χ0v) is 14.0. The average molecular weight is 363 g/mol. The first-order chi connectivity index (χ1) is 11.9. The molecule has 3 N–H and O–H groups in total. The van der Waals surface area contributed by atoms with Gasteiger partial charge in [-0.1, -0.05) is 23.7 Å². The van der Waals surface area contributed by atoms with E-state index in [1.165, 1.54) is 23.1 Å². The first-order valence-electron chi connectivity index (χ1n) is 7.73. The molecule has 0 aromatic heterocycles. The van der Waals surface area contributed by atoms with Crippen LogP contribution in [-0.4, -0.2) is 28.4 Å². The lowest BCUT2D eigenvalue weighted by Crippen LogP contribution is -2.40. The molecule has 2 aromatic carbocycles. The molecule has 0 saturated carbocycles. The van der Waals surface area contributed by atoms with Crippen molar-refractivity contribution in [3.8, 4) is 5.75 Å². The molecule has 5 nitrogen and oxygen atoms in total. The number of benzene rings is 2. The molecule has 1 aliphatic carbocycles. The number of nitrogens with zero attached hydrogens (tertiary/aromatic N) is 1. The van der Waals surface area contributed by atoms with Gasteiger partial charge in [0.05, 0.1) is 11.6 Å². The highest BCUT2D eigenvalue weighted by molar-refractivity contribution is 6.30. The van der Waals surface area contributed by atoms with Crippen LogP contribution < -0.4 is 5.73 Å². The molecule has 0 spiro atoms. The van der Waals surface area contributed by atoms with Gasteiger partial charge in [0.2, 0.25) is 5.91 Å². The van der Waals surface area contributed by atoms with Gasteiger partial charge in [0.1, 0.15) is 18.1 Å². The van der Waals surface area contributed by atoms with Gasteiger partial charge in [0.25, 0.3) is 5.91 Å². The van der Waals surface area contributed by atoms with Crippen LogP contribution in [0.15, 0.2) is 36.4 Å². The minimum atomic E-state index is -0.695. The maximum absolute atomic E-state index is 14.1. The van der Waals surface area contributed by atoms with Crippen LogP contribution in [0.5, 0.6) is 5.75 Å². The molecular weight excluding hydrogens is 347 g/mol. The van der Waals surface area contributed by atoms with Crippen LogP contribution in [0.4, 0.5) is 4.39 Å². The van der Waals surface area contributed by atoms with Crippen molar-refractivity contribution >= 4 is 23.4 Å². The summed E-state index contributed by atoms with van der Waals surface area (Å²) in [6.07, 6.45) is 0.867. The van der Waals surface area contributed by atoms with Gasteiger partial charge in [-0.3, -0.25) is 9.59 Å². The molecule has 0 fully saturated rings. The number of aromatic hydroxyl groups is 1. The molecule has 2 amide bonds. The number of halogens is 2. The van der Waals surface area contributed by atoms with Crippen molar-refractivity contribution in [1.82, 2.24) is 4.90 Å². The zero-order valence-electron chi connectivity index (χ0n) is 13.2. The number of nitrogens with two attached hydrogens (primary N) is 1. The second kappa shape index (κ2) is 6.72. The number of primary amides is 1. The van der Waals surface area contributed by atoms with E-state index >= 15 is 0 Å². The van der Waals surface area contributed by atoms with Crippen LogP contribution in [0.1, 0.15) is 33.9 Å². The number of amides is 2. The molecule has 130 valence electrons. The quantitative estimate of drug-likeness (QED) is 0.877. The number of hydrogen-bond donors (Lipinski definition) is 2. The summed E-state index contributed by atoms with van der Waals surface area (Å²) in [5.41, 5.74) is 6.40. The Labute approximate surface area is 148 Å². The summed E-state index contributed by atoms with van der Waals surface area (Å²) in [6.45, 7) is -0.342. The van der Waals surface area contributed by atoms with Crippen molar-refractivity contribution in [2.24, 2.45) is 5.73 Å². The minimum Gasteiger partial charge on any atom is -0.507 e. The van der Waals surface area contributed by atoms with Gasteiger partial charge >= 0.3 is 0 Å². The van der Waals surface area contributed by atoms with Crippen molar-refractivity contribution in [3.63, 3.8) is 0 Å². The van der Waals surface area contributed by atoms with E-state index < -0.39 is 23.7 Å². The minimum absolute atomic E-state index is 0.0553. The van der Waals surface area contributed by atoms with E-state index in [9.17, 15) is 19.1 Å². The van der Waals surface area contributed by atoms with Crippen molar-refractivity contribution in [3.05, 3.63) is 63.9 Å². The zero-order chi connectivity index (χ0) is 18.1. The number of phenolic OH excluding ortho intramolecular Hbond substituents is 1. The summed E-state index contributed by atoms with van der Waals surface area (Å²) in [5.74, 6) is -1.87. The topological polar surface area (TPSA) is 83.6 Å². The molecule has 2 aromatic rings. The van der Waals surface area contributed by atoms with E-state index in [-0.39, 0.29) is 22.9 Å². The second-order valence-electron chi connectivity index (χ2n) is 5.93. The number of hydrogen-bond acceptors (Lipinski definition) is 3. The Bertz CT molecular complexity index is 856. The van der Waals surface area contributed by atoms with E-state index in [4.69, 9.17) is 17.3 Å². The SMILES string of the molecule is NC(=O)CN(C(=O)c1ccccc1O)[C@@H]1CCc2c(F)cc(Cl)cc21. The fraction of sp³-hybridized carbons (Fsp3) is 0.222. The van der Waals surface area contributed by atoms with Gasteiger partial charge in [-0.15, -0.1) is 0 Å². The van der Waals surface area contributed by atoms with Gasteiger partial charge in [-0.25, -0.2) is 4.39 Å². The van der Waals surface area contributed by atoms with Gasteiger partial charge in [-0.05, 0) is 48.2 Å². The molecule has 1 aliphatic rings. The molecule has 25 heavy (non-hydrogen) atoms. The summed E-state index contributed by atoms with van der Waals surface area (Å²) < 4.78 is 14.1. The van der Waals surface area contributed by atoms with E-state index in [1.807, 2.05) is 0 Å². The van der Waals surface area contributed by atoms with Crippen LogP contribution in [0.25, 0.3) is 0 Å². The lowest BCUT2D eigenvalue weighted by atomic mass is 10.0. The van der Waals surface area contributed by atoms with Crippen LogP contribution in [0.3, 0.4) is 0 Å². The Hall–Kier alpha value is -2.60. The average Bonchev–Trinajstić information content (AvgIpc) is 2.96. The molecule has 0 radical (unpaired) electrons. The molecule has 0 heterocycles. The highest BCUT2D eigenvalue weighted by Gasteiger charge is 2.34. The van der Waals surface area contributed by atoms with Crippen LogP contribution in [-0.2, 0) is 11.2 Å². The van der Waals surface area contributed by atoms with Crippen LogP contribution in [0.2, 0.25) is 5.02 Å². The fourth-order valence-corrected chi connectivity index (χ4v) is 3.46. The lowest BCUT2D eigenvalue weighted by molar-refractivity contribution is -0.119. The van der Waals surface area contributed by atoms with Gasteiger partial charge in [0, 0.05) is 5.02 Å². The normalized spacial score (nSPS) is 15.7. The van der Waals surface area contributed by atoms with Gasteiger partial charge < -0.3 is 15.7 Å². The summed E-state index contributed by atoms with van der Waals surface area (Å²) in [7, 11) is 0. The fourth-order valence-electron chi connectivity index (χ4n) is 3.25. The second-order valence-corrected chi connectivity index (χ2v) is 6.36. The number of para-hydroxylation sites is 1. The van der Waals surface area contributed by atoms with E-state index in [0.717, 1.165) is 0 Å². The standard InChI is InChI=1S/C18H16ClFN2O3/c19-10-7-13-11(14(20)8-10)5-6-15(13)22(9-17(21)24)18(25)12-3-1-2-4-16(12)23/h1-4,7-8,15,23H,5-6,9H2,(H2,21,24)/t15-/m1/s1. The van der Waals surface area contributed by atoms with Crippen molar-refractivity contribution in [2.45, 2.75) is 18.9 Å².